The molecule has 2 aromatic heterocycles. The normalized spacial score (nSPS) is 10.7. The van der Waals surface area contributed by atoms with Crippen molar-refractivity contribution < 1.29 is 0 Å². The minimum absolute atomic E-state index is 0.752. The Kier molecular flexibility index (Phi) is 4.60. The maximum absolute atomic E-state index is 5.90. The van der Waals surface area contributed by atoms with Crippen molar-refractivity contribution in [1.82, 2.24) is 15.3 Å². The summed E-state index contributed by atoms with van der Waals surface area (Å²) in [5.41, 5.74) is 2.32. The fraction of sp³-hybridized carbons (Fsp3) is 0.125. The Bertz CT molecular complexity index is 695. The Labute approximate surface area is 132 Å². The first-order valence-corrected chi connectivity index (χ1v) is 7.81. The largest absolute Gasteiger partial charge is 0.306 e. The first kappa shape index (κ1) is 14.2. The highest BCUT2D eigenvalue weighted by Gasteiger charge is 2.04. The van der Waals surface area contributed by atoms with Gasteiger partial charge in [0.1, 0.15) is 5.01 Å². The lowest BCUT2D eigenvalue weighted by atomic mass is 10.2. The van der Waals surface area contributed by atoms with E-state index >= 15 is 0 Å². The molecule has 0 amide bonds. The molecule has 0 saturated carbocycles. The van der Waals surface area contributed by atoms with Crippen molar-refractivity contribution in [1.29, 1.82) is 0 Å². The first-order chi connectivity index (χ1) is 10.3. The summed E-state index contributed by atoms with van der Waals surface area (Å²) >= 11 is 7.60. The van der Waals surface area contributed by atoms with Crippen LogP contribution in [0.5, 0.6) is 0 Å². The zero-order valence-corrected chi connectivity index (χ0v) is 12.9. The van der Waals surface area contributed by atoms with E-state index in [0.717, 1.165) is 33.6 Å². The zero-order valence-electron chi connectivity index (χ0n) is 11.3. The Hall–Kier alpha value is -1.75. The molecule has 0 unspecified atom stereocenters. The molecule has 0 aliphatic heterocycles. The third kappa shape index (κ3) is 3.88. The van der Waals surface area contributed by atoms with E-state index in [-0.39, 0.29) is 0 Å². The van der Waals surface area contributed by atoms with Crippen LogP contribution in [0.4, 0.5) is 0 Å². The van der Waals surface area contributed by atoms with E-state index in [1.54, 1.807) is 17.5 Å². The molecule has 3 aromatic rings. The van der Waals surface area contributed by atoms with Crippen LogP contribution in [0, 0.1) is 0 Å². The minimum atomic E-state index is 0.752. The van der Waals surface area contributed by atoms with Crippen LogP contribution in [0.3, 0.4) is 0 Å². The quantitative estimate of drug-likeness (QED) is 0.768. The van der Waals surface area contributed by atoms with Gasteiger partial charge in [-0.3, -0.25) is 4.98 Å². The van der Waals surface area contributed by atoms with Crippen molar-refractivity contribution in [3.05, 3.63) is 70.6 Å². The molecule has 0 saturated heterocycles. The zero-order chi connectivity index (χ0) is 14.5. The summed E-state index contributed by atoms with van der Waals surface area (Å²) in [6.07, 6.45) is 5.56. The van der Waals surface area contributed by atoms with Crippen LogP contribution in [0.1, 0.15) is 10.6 Å². The number of hydrogen-bond donors (Lipinski definition) is 1. The number of nitrogens with one attached hydrogen (secondary N) is 1. The average Bonchev–Trinajstić information content (AvgIpc) is 2.98. The molecular formula is C16H14ClN3S. The topological polar surface area (TPSA) is 37.8 Å². The molecule has 0 aliphatic carbocycles. The van der Waals surface area contributed by atoms with E-state index in [1.165, 1.54) is 5.56 Å². The van der Waals surface area contributed by atoms with Crippen molar-refractivity contribution >= 4 is 22.9 Å². The molecule has 3 rings (SSSR count). The fourth-order valence-corrected chi connectivity index (χ4v) is 2.97. The van der Waals surface area contributed by atoms with Crippen molar-refractivity contribution in [2.45, 2.75) is 13.1 Å². The van der Waals surface area contributed by atoms with Crippen molar-refractivity contribution in [2.24, 2.45) is 0 Å². The molecule has 2 heterocycles. The summed E-state index contributed by atoms with van der Waals surface area (Å²) in [6.45, 7) is 1.55. The fourth-order valence-electron chi connectivity index (χ4n) is 1.96. The number of hydrogen-bond acceptors (Lipinski definition) is 4. The Morgan fingerprint density at radius 1 is 1.05 bits per heavy atom. The van der Waals surface area contributed by atoms with Crippen LogP contribution in [-0.2, 0) is 13.1 Å². The van der Waals surface area contributed by atoms with E-state index in [1.807, 2.05) is 42.7 Å². The minimum Gasteiger partial charge on any atom is -0.306 e. The molecule has 0 fully saturated rings. The van der Waals surface area contributed by atoms with E-state index in [4.69, 9.17) is 11.6 Å². The lowest BCUT2D eigenvalue weighted by Gasteiger charge is -2.01. The van der Waals surface area contributed by atoms with Gasteiger partial charge < -0.3 is 5.32 Å². The highest BCUT2D eigenvalue weighted by molar-refractivity contribution is 7.15. The highest BCUT2D eigenvalue weighted by Crippen LogP contribution is 2.27. The molecule has 0 radical (unpaired) electrons. The Morgan fingerprint density at radius 2 is 1.90 bits per heavy atom. The molecule has 21 heavy (non-hydrogen) atoms. The molecule has 106 valence electrons. The van der Waals surface area contributed by atoms with Gasteiger partial charge in [0.15, 0.2) is 0 Å². The summed E-state index contributed by atoms with van der Waals surface area (Å²) in [5.74, 6) is 0. The maximum atomic E-state index is 5.90. The number of thiazole rings is 1. The number of benzene rings is 1. The van der Waals surface area contributed by atoms with Crippen molar-refractivity contribution in [3.8, 4) is 10.4 Å². The van der Waals surface area contributed by atoms with Crippen LogP contribution < -0.4 is 5.32 Å². The van der Waals surface area contributed by atoms with E-state index in [9.17, 15) is 0 Å². The van der Waals surface area contributed by atoms with Crippen LogP contribution in [0.15, 0.2) is 55.0 Å². The molecule has 0 aliphatic rings. The number of nitrogens with zero attached hydrogens (tertiary/aromatic N) is 2. The average molecular weight is 316 g/mol. The van der Waals surface area contributed by atoms with Gasteiger partial charge in [-0.15, -0.1) is 11.3 Å². The molecule has 5 heteroatoms. The highest BCUT2D eigenvalue weighted by atomic mass is 35.5. The third-order valence-corrected chi connectivity index (χ3v) is 4.31. The van der Waals surface area contributed by atoms with Gasteiger partial charge in [0.05, 0.1) is 4.88 Å². The predicted octanol–water partition coefficient (Wildman–Crippen LogP) is 4.15. The first-order valence-electron chi connectivity index (χ1n) is 6.61. The van der Waals surface area contributed by atoms with Crippen LogP contribution in [-0.4, -0.2) is 9.97 Å². The number of pyridine rings is 1. The van der Waals surface area contributed by atoms with E-state index in [2.05, 4.69) is 21.4 Å². The Morgan fingerprint density at radius 3 is 2.67 bits per heavy atom. The van der Waals surface area contributed by atoms with Crippen molar-refractivity contribution in [3.63, 3.8) is 0 Å². The third-order valence-electron chi connectivity index (χ3n) is 3.01. The smallest absolute Gasteiger partial charge is 0.107 e. The molecule has 1 N–H and O–H groups in total. The van der Waals surface area contributed by atoms with Crippen LogP contribution >= 0.6 is 22.9 Å². The summed E-state index contributed by atoms with van der Waals surface area (Å²) in [7, 11) is 0. The predicted molar refractivity (Wildman–Crippen MR) is 87.3 cm³/mol. The van der Waals surface area contributed by atoms with Gasteiger partial charge in [-0.25, -0.2) is 4.98 Å². The Balaban J connectivity index is 1.59. The van der Waals surface area contributed by atoms with Gasteiger partial charge in [-0.1, -0.05) is 29.8 Å². The molecule has 0 spiro atoms. The number of halogens is 1. The number of aromatic nitrogens is 2. The van der Waals surface area contributed by atoms with Gasteiger partial charge in [0.25, 0.3) is 0 Å². The summed E-state index contributed by atoms with van der Waals surface area (Å²) < 4.78 is 0. The van der Waals surface area contributed by atoms with Gasteiger partial charge in [0.2, 0.25) is 0 Å². The van der Waals surface area contributed by atoms with Crippen molar-refractivity contribution in [2.75, 3.05) is 0 Å². The summed E-state index contributed by atoms with van der Waals surface area (Å²) in [4.78, 5) is 9.71. The van der Waals surface area contributed by atoms with Crippen LogP contribution in [0.25, 0.3) is 10.4 Å². The van der Waals surface area contributed by atoms with E-state index < -0.39 is 0 Å². The van der Waals surface area contributed by atoms with Gasteiger partial charge in [-0.05, 0) is 29.3 Å². The summed E-state index contributed by atoms with van der Waals surface area (Å²) in [5, 5.41) is 5.20. The second-order valence-corrected chi connectivity index (χ2v) is 6.14. The monoisotopic (exact) mass is 315 g/mol. The molecule has 0 bridgehead atoms. The van der Waals surface area contributed by atoms with Gasteiger partial charge in [-0.2, -0.15) is 0 Å². The lowest BCUT2D eigenvalue weighted by molar-refractivity contribution is 0.688. The molecule has 1 aromatic carbocycles. The standard InChI is InChI=1S/C16H14ClN3S/c17-14-5-3-13(4-6-14)15-10-20-16(21-15)11-19-9-12-2-1-7-18-8-12/h1-8,10,19H,9,11H2. The number of rotatable bonds is 5. The molecule has 3 nitrogen and oxygen atoms in total. The lowest BCUT2D eigenvalue weighted by Crippen LogP contribution is -2.12. The molecular weight excluding hydrogens is 302 g/mol. The van der Waals surface area contributed by atoms with E-state index in [0.29, 0.717) is 0 Å². The van der Waals surface area contributed by atoms with Crippen LogP contribution in [0.2, 0.25) is 5.02 Å². The second-order valence-electron chi connectivity index (χ2n) is 4.59. The van der Waals surface area contributed by atoms with Gasteiger partial charge in [0, 0.05) is 36.7 Å². The molecule has 0 atom stereocenters. The summed E-state index contributed by atoms with van der Waals surface area (Å²) in [6, 6.07) is 11.8. The second kappa shape index (κ2) is 6.80. The SMILES string of the molecule is Clc1ccc(-c2cnc(CNCc3cccnc3)s2)cc1. The maximum Gasteiger partial charge on any atom is 0.107 e. The van der Waals surface area contributed by atoms with Gasteiger partial charge >= 0.3 is 0 Å².